The number of hydrogen-bond acceptors (Lipinski definition) is 9. The topological polar surface area (TPSA) is 128 Å². The Morgan fingerprint density at radius 3 is 2.33 bits per heavy atom. The van der Waals surface area contributed by atoms with Crippen molar-refractivity contribution in [2.24, 2.45) is 0 Å². The summed E-state index contributed by atoms with van der Waals surface area (Å²) in [4.78, 5) is 38.5. The van der Waals surface area contributed by atoms with Crippen molar-refractivity contribution in [3.05, 3.63) is 66.1 Å². The van der Waals surface area contributed by atoms with Crippen molar-refractivity contribution in [2.75, 3.05) is 20.8 Å². The Labute approximate surface area is 216 Å². The highest BCUT2D eigenvalue weighted by Crippen LogP contribution is 2.42. The van der Waals surface area contributed by atoms with Crippen LogP contribution in [0.15, 0.2) is 70.9 Å². The standard InChI is InChI=1S/C23H23ClN2O8S2/c1-14(32-2)20(21(24)28)26-22(29)19(25-18(27)13-34-15-9-5-4-6-10-15)23(26)35-36(30,31)17-12-8-7-11-16(17)33-3/h4-12,19,23H,13H2,1-3H3,(H,25,27)/b20-14-. The molecule has 1 aliphatic rings. The van der Waals surface area contributed by atoms with E-state index in [0.29, 0.717) is 16.5 Å². The van der Waals surface area contributed by atoms with Gasteiger partial charge >= 0.3 is 0 Å². The molecule has 3 rings (SSSR count). The predicted octanol–water partition coefficient (Wildman–Crippen LogP) is 2.49. The molecule has 192 valence electrons. The van der Waals surface area contributed by atoms with Gasteiger partial charge < -0.3 is 19.5 Å². The third-order valence-electron chi connectivity index (χ3n) is 5.10. The smallest absolute Gasteiger partial charge is 0.272 e. The average molecular weight is 555 g/mol. The largest absolute Gasteiger partial charge is 0.499 e. The van der Waals surface area contributed by atoms with Gasteiger partial charge in [0.2, 0.25) is 8.87 Å². The SMILES string of the molecule is CO/C(C)=C(/C(=O)Cl)N1C(=O)C(NC(=O)COc2ccccc2)C1SS(=O)(=O)c1ccccc1OC. The van der Waals surface area contributed by atoms with Crippen molar-refractivity contribution < 1.29 is 37.0 Å². The number of methoxy groups -OCH3 is 2. The van der Waals surface area contributed by atoms with Gasteiger partial charge in [0.05, 0.1) is 14.2 Å². The molecular formula is C23H23ClN2O8S2. The van der Waals surface area contributed by atoms with Crippen LogP contribution in [0.5, 0.6) is 11.5 Å². The van der Waals surface area contributed by atoms with Crippen LogP contribution in [0.25, 0.3) is 0 Å². The second kappa shape index (κ2) is 11.7. The Bertz CT molecular complexity index is 1280. The fourth-order valence-corrected chi connectivity index (χ4v) is 7.24. The molecular weight excluding hydrogens is 532 g/mol. The molecule has 0 saturated carbocycles. The van der Waals surface area contributed by atoms with Crippen LogP contribution in [0.2, 0.25) is 0 Å². The number of carbonyl (C=O) groups is 3. The van der Waals surface area contributed by atoms with Crippen LogP contribution >= 0.6 is 22.4 Å². The lowest BCUT2D eigenvalue weighted by atomic mass is 10.1. The third kappa shape index (κ3) is 5.94. The zero-order chi connectivity index (χ0) is 26.5. The van der Waals surface area contributed by atoms with Gasteiger partial charge in [0, 0.05) is 10.8 Å². The Hall–Kier alpha value is -3.22. The molecule has 0 aliphatic carbocycles. The van der Waals surface area contributed by atoms with E-state index in [9.17, 15) is 22.8 Å². The van der Waals surface area contributed by atoms with E-state index >= 15 is 0 Å². The summed E-state index contributed by atoms with van der Waals surface area (Å²) >= 11 is 5.71. The maximum absolute atomic E-state index is 13.3. The molecule has 2 amide bonds. The molecule has 1 heterocycles. The number of amides is 2. The van der Waals surface area contributed by atoms with E-state index in [1.54, 1.807) is 36.4 Å². The minimum absolute atomic E-state index is 0.000766. The third-order valence-corrected chi connectivity index (χ3v) is 8.98. The molecule has 2 aromatic rings. The molecule has 2 atom stereocenters. The van der Waals surface area contributed by atoms with Crippen molar-refractivity contribution in [1.29, 1.82) is 0 Å². The number of likely N-dealkylation sites (tertiary alicyclic amines) is 1. The van der Waals surface area contributed by atoms with Crippen molar-refractivity contribution in [1.82, 2.24) is 10.2 Å². The van der Waals surface area contributed by atoms with Crippen LogP contribution < -0.4 is 14.8 Å². The first-order chi connectivity index (χ1) is 17.1. The quantitative estimate of drug-likeness (QED) is 0.146. The predicted molar refractivity (Wildman–Crippen MR) is 133 cm³/mol. The summed E-state index contributed by atoms with van der Waals surface area (Å²) in [5.41, 5.74) is -0.331. The van der Waals surface area contributed by atoms with E-state index in [0.717, 1.165) is 4.90 Å². The van der Waals surface area contributed by atoms with Crippen LogP contribution in [0.4, 0.5) is 0 Å². The summed E-state index contributed by atoms with van der Waals surface area (Å²) in [6.07, 6.45) is 0. The minimum Gasteiger partial charge on any atom is -0.499 e. The zero-order valence-corrected chi connectivity index (χ0v) is 21.9. The van der Waals surface area contributed by atoms with Gasteiger partial charge in [0.25, 0.3) is 17.1 Å². The van der Waals surface area contributed by atoms with Crippen LogP contribution in [-0.4, -0.2) is 62.6 Å². The Morgan fingerprint density at radius 2 is 1.72 bits per heavy atom. The molecule has 2 unspecified atom stereocenters. The molecule has 36 heavy (non-hydrogen) atoms. The second-order valence-electron chi connectivity index (χ2n) is 7.33. The number of rotatable bonds is 11. The maximum atomic E-state index is 13.3. The van der Waals surface area contributed by atoms with E-state index in [1.165, 1.54) is 39.3 Å². The lowest BCUT2D eigenvalue weighted by Crippen LogP contribution is -2.70. The van der Waals surface area contributed by atoms with Crippen molar-refractivity contribution in [3.8, 4) is 11.5 Å². The van der Waals surface area contributed by atoms with Gasteiger partial charge in [-0.15, -0.1) is 0 Å². The molecule has 1 fully saturated rings. The number of benzene rings is 2. The molecule has 1 N–H and O–H groups in total. The molecule has 10 nitrogen and oxygen atoms in total. The molecule has 13 heteroatoms. The summed E-state index contributed by atoms with van der Waals surface area (Å²) in [5.74, 6) is -0.871. The van der Waals surface area contributed by atoms with Gasteiger partial charge in [-0.2, -0.15) is 0 Å². The Morgan fingerprint density at radius 1 is 1.08 bits per heavy atom. The number of ether oxygens (including phenoxy) is 3. The van der Waals surface area contributed by atoms with E-state index in [1.807, 2.05) is 0 Å². The second-order valence-corrected chi connectivity index (χ2v) is 11.6. The van der Waals surface area contributed by atoms with E-state index in [-0.39, 0.29) is 22.1 Å². The van der Waals surface area contributed by atoms with Gasteiger partial charge in [0.15, 0.2) is 6.61 Å². The fraction of sp³-hybridized carbons (Fsp3) is 0.261. The highest BCUT2D eigenvalue weighted by molar-refractivity contribution is 8.72. The number of halogens is 1. The van der Waals surface area contributed by atoms with Crippen molar-refractivity contribution in [3.63, 3.8) is 0 Å². The molecule has 0 aromatic heterocycles. The number of allylic oxidation sites excluding steroid dienone is 2. The van der Waals surface area contributed by atoms with Crippen LogP contribution in [0.3, 0.4) is 0 Å². The Balaban J connectivity index is 1.89. The highest BCUT2D eigenvalue weighted by atomic mass is 35.5. The van der Waals surface area contributed by atoms with Crippen molar-refractivity contribution >= 4 is 48.3 Å². The molecule has 1 saturated heterocycles. The molecule has 0 spiro atoms. The normalized spacial score (nSPS) is 18.0. The molecule has 2 aromatic carbocycles. The number of carbonyl (C=O) groups excluding carboxylic acids is 3. The lowest BCUT2D eigenvalue weighted by Gasteiger charge is -2.46. The van der Waals surface area contributed by atoms with E-state index < -0.39 is 43.9 Å². The zero-order valence-electron chi connectivity index (χ0n) is 19.5. The molecule has 0 radical (unpaired) electrons. The summed E-state index contributed by atoms with van der Waals surface area (Å²) in [6.45, 7) is 0.984. The van der Waals surface area contributed by atoms with Crippen LogP contribution in [-0.2, 0) is 28.0 Å². The lowest BCUT2D eigenvalue weighted by molar-refractivity contribution is -0.147. The van der Waals surface area contributed by atoms with E-state index in [4.69, 9.17) is 25.8 Å². The van der Waals surface area contributed by atoms with Crippen molar-refractivity contribution in [2.45, 2.75) is 23.2 Å². The molecule has 0 bridgehead atoms. The molecule has 1 aliphatic heterocycles. The van der Waals surface area contributed by atoms with Gasteiger partial charge in [-0.3, -0.25) is 19.3 Å². The van der Waals surface area contributed by atoms with Gasteiger partial charge in [0.1, 0.15) is 39.3 Å². The monoisotopic (exact) mass is 554 g/mol. The first kappa shape index (κ1) is 27.4. The van der Waals surface area contributed by atoms with Crippen LogP contribution in [0.1, 0.15) is 6.92 Å². The number of hydrogen-bond donors (Lipinski definition) is 1. The van der Waals surface area contributed by atoms with Gasteiger partial charge in [-0.1, -0.05) is 30.3 Å². The minimum atomic E-state index is -4.14. The summed E-state index contributed by atoms with van der Waals surface area (Å²) in [6, 6.07) is 13.2. The van der Waals surface area contributed by atoms with Gasteiger partial charge in [-0.05, 0) is 42.8 Å². The summed E-state index contributed by atoms with van der Waals surface area (Å²) in [5, 5.41) is 0.213. The maximum Gasteiger partial charge on any atom is 0.272 e. The van der Waals surface area contributed by atoms with Crippen LogP contribution in [0, 0.1) is 0 Å². The number of para-hydroxylation sites is 2. The first-order valence-electron chi connectivity index (χ1n) is 10.4. The van der Waals surface area contributed by atoms with E-state index in [2.05, 4.69) is 5.32 Å². The summed E-state index contributed by atoms with van der Waals surface area (Å²) < 4.78 is 42.2. The van der Waals surface area contributed by atoms with Gasteiger partial charge in [-0.25, -0.2) is 8.42 Å². The average Bonchev–Trinajstić information content (AvgIpc) is 2.88. The number of β-lactam (4-membered cyclic amide) rings is 1. The first-order valence-corrected chi connectivity index (χ1v) is 13.7. The Kier molecular flexibility index (Phi) is 8.88. The highest BCUT2D eigenvalue weighted by Gasteiger charge is 2.54. The fourth-order valence-electron chi connectivity index (χ4n) is 3.32. The number of nitrogens with zero attached hydrogens (tertiary/aromatic N) is 1. The number of nitrogens with one attached hydrogen (secondary N) is 1. The summed E-state index contributed by atoms with van der Waals surface area (Å²) in [7, 11) is -1.18.